The van der Waals surface area contributed by atoms with E-state index in [1.165, 1.54) is 0 Å². The Morgan fingerprint density at radius 1 is 1.39 bits per heavy atom. The summed E-state index contributed by atoms with van der Waals surface area (Å²) in [5, 5.41) is 4.07. The normalized spacial score (nSPS) is 21.9. The summed E-state index contributed by atoms with van der Waals surface area (Å²) in [5.74, 6) is 0.233. The topological polar surface area (TPSA) is 54.7 Å². The lowest BCUT2D eigenvalue weighted by molar-refractivity contribution is 0.0507. The lowest BCUT2D eigenvalue weighted by Gasteiger charge is -2.19. The van der Waals surface area contributed by atoms with Gasteiger partial charge in [0, 0.05) is 30.6 Å². The van der Waals surface area contributed by atoms with Crippen LogP contribution in [0.15, 0.2) is 22.6 Å². The quantitative estimate of drug-likeness (QED) is 0.941. The monoisotopic (exact) mass is 316 g/mol. The Bertz CT molecular complexity index is 722. The number of rotatable bonds is 4. The van der Waals surface area contributed by atoms with E-state index in [0.29, 0.717) is 12.4 Å². The predicted molar refractivity (Wildman–Crippen MR) is 89.9 cm³/mol. The van der Waals surface area contributed by atoms with Gasteiger partial charge < -0.3 is 19.4 Å². The van der Waals surface area contributed by atoms with Crippen molar-refractivity contribution in [2.75, 3.05) is 26.7 Å². The minimum Gasteiger partial charge on any atom is -0.451 e. The first-order chi connectivity index (χ1) is 11.0. The number of nitrogens with zero attached hydrogens (tertiary/aromatic N) is 1. The van der Waals surface area contributed by atoms with Gasteiger partial charge >= 0.3 is 0 Å². The zero-order valence-electron chi connectivity index (χ0n) is 14.2. The molecule has 0 bridgehead atoms. The number of hydrogen-bond donors (Lipinski definition) is 1. The summed E-state index contributed by atoms with van der Waals surface area (Å²) in [5.41, 5.74) is 2.77. The SMILES string of the molecule is CCOC1CN(C)CC1NC(=O)c1oc2cc(C)ccc2c1C. The smallest absolute Gasteiger partial charge is 0.287 e. The Kier molecular flexibility index (Phi) is 4.41. The first-order valence-electron chi connectivity index (χ1n) is 8.10. The molecule has 1 N–H and O–H groups in total. The Balaban J connectivity index is 1.82. The molecule has 5 heteroatoms. The summed E-state index contributed by atoms with van der Waals surface area (Å²) in [6.07, 6.45) is 0.0286. The third-order valence-corrected chi connectivity index (χ3v) is 4.45. The number of ether oxygens (including phenoxy) is 1. The van der Waals surface area contributed by atoms with E-state index in [0.717, 1.165) is 35.2 Å². The molecule has 0 saturated carbocycles. The highest BCUT2D eigenvalue weighted by molar-refractivity contribution is 5.99. The highest BCUT2D eigenvalue weighted by atomic mass is 16.5. The second kappa shape index (κ2) is 6.34. The average Bonchev–Trinajstić information content (AvgIpc) is 3.00. The summed E-state index contributed by atoms with van der Waals surface area (Å²) >= 11 is 0. The molecular formula is C18H24N2O3. The number of likely N-dealkylation sites (tertiary alicyclic amines) is 1. The molecule has 0 aliphatic carbocycles. The van der Waals surface area contributed by atoms with Crippen molar-refractivity contribution in [1.29, 1.82) is 0 Å². The van der Waals surface area contributed by atoms with E-state index >= 15 is 0 Å². The van der Waals surface area contributed by atoms with Gasteiger partial charge in [0.05, 0.1) is 12.1 Å². The van der Waals surface area contributed by atoms with Crippen LogP contribution in [0.1, 0.15) is 28.6 Å². The number of nitrogens with one attached hydrogen (secondary N) is 1. The van der Waals surface area contributed by atoms with Crippen LogP contribution >= 0.6 is 0 Å². The largest absolute Gasteiger partial charge is 0.451 e. The molecule has 2 atom stereocenters. The van der Waals surface area contributed by atoms with Gasteiger partial charge in [0.1, 0.15) is 5.58 Å². The highest BCUT2D eigenvalue weighted by Gasteiger charge is 2.33. The van der Waals surface area contributed by atoms with Crippen molar-refractivity contribution in [3.05, 3.63) is 35.1 Å². The molecule has 1 aliphatic heterocycles. The summed E-state index contributed by atoms with van der Waals surface area (Å²) in [7, 11) is 2.04. The summed E-state index contributed by atoms with van der Waals surface area (Å²) in [4.78, 5) is 14.8. The number of hydrogen-bond acceptors (Lipinski definition) is 4. The van der Waals surface area contributed by atoms with Gasteiger partial charge in [-0.05, 0) is 39.4 Å². The molecule has 1 amide bonds. The molecule has 1 fully saturated rings. The van der Waals surface area contributed by atoms with E-state index in [4.69, 9.17) is 9.15 Å². The van der Waals surface area contributed by atoms with Crippen molar-refractivity contribution in [2.24, 2.45) is 0 Å². The van der Waals surface area contributed by atoms with Gasteiger partial charge in [-0.2, -0.15) is 0 Å². The van der Waals surface area contributed by atoms with E-state index < -0.39 is 0 Å². The molecule has 124 valence electrons. The van der Waals surface area contributed by atoms with Crippen LogP contribution in [0.2, 0.25) is 0 Å². The van der Waals surface area contributed by atoms with E-state index in [9.17, 15) is 4.79 Å². The van der Waals surface area contributed by atoms with E-state index in [1.54, 1.807) is 0 Å². The number of furan rings is 1. The van der Waals surface area contributed by atoms with E-state index in [1.807, 2.05) is 46.0 Å². The Morgan fingerprint density at radius 2 is 2.17 bits per heavy atom. The number of likely N-dealkylation sites (N-methyl/N-ethyl adjacent to an activating group) is 1. The van der Waals surface area contributed by atoms with Gasteiger partial charge in [0.25, 0.3) is 5.91 Å². The first-order valence-corrected chi connectivity index (χ1v) is 8.10. The Morgan fingerprint density at radius 3 is 2.91 bits per heavy atom. The minimum atomic E-state index is -0.165. The molecule has 2 heterocycles. The van der Waals surface area contributed by atoms with Crippen molar-refractivity contribution in [2.45, 2.75) is 32.9 Å². The minimum absolute atomic E-state index is 0.0122. The van der Waals surface area contributed by atoms with Crippen LogP contribution in [-0.2, 0) is 4.74 Å². The zero-order chi connectivity index (χ0) is 16.6. The second-order valence-corrected chi connectivity index (χ2v) is 6.35. The fourth-order valence-electron chi connectivity index (χ4n) is 3.27. The summed E-state index contributed by atoms with van der Waals surface area (Å²) in [6, 6.07) is 5.99. The van der Waals surface area contributed by atoms with Gasteiger partial charge in [0.15, 0.2) is 5.76 Å². The number of aryl methyl sites for hydroxylation is 2. The van der Waals surface area contributed by atoms with Crippen molar-refractivity contribution >= 4 is 16.9 Å². The van der Waals surface area contributed by atoms with E-state index in [2.05, 4.69) is 10.2 Å². The van der Waals surface area contributed by atoms with Gasteiger partial charge in [-0.15, -0.1) is 0 Å². The average molecular weight is 316 g/mol. The second-order valence-electron chi connectivity index (χ2n) is 6.35. The van der Waals surface area contributed by atoms with Crippen molar-refractivity contribution in [3.63, 3.8) is 0 Å². The van der Waals surface area contributed by atoms with Crippen LogP contribution in [0, 0.1) is 13.8 Å². The number of amides is 1. The van der Waals surface area contributed by atoms with Crippen LogP contribution in [0.3, 0.4) is 0 Å². The molecule has 2 unspecified atom stereocenters. The fourth-order valence-corrected chi connectivity index (χ4v) is 3.27. The third kappa shape index (κ3) is 3.12. The first kappa shape index (κ1) is 16.0. The standard InChI is InChI=1S/C18H24N2O3/c1-5-22-16-10-20(4)9-14(16)19-18(21)17-12(3)13-7-6-11(2)8-15(13)23-17/h6-8,14,16H,5,9-10H2,1-4H3,(H,19,21). The third-order valence-electron chi connectivity index (χ3n) is 4.45. The maximum Gasteiger partial charge on any atom is 0.287 e. The summed E-state index contributed by atoms with van der Waals surface area (Å²) in [6.45, 7) is 8.18. The molecular weight excluding hydrogens is 292 g/mol. The molecule has 23 heavy (non-hydrogen) atoms. The molecule has 5 nitrogen and oxygen atoms in total. The van der Waals surface area contributed by atoms with Gasteiger partial charge in [-0.3, -0.25) is 4.79 Å². The van der Waals surface area contributed by atoms with Crippen LogP contribution in [0.25, 0.3) is 11.0 Å². The maximum atomic E-state index is 12.7. The molecule has 3 rings (SSSR count). The number of benzene rings is 1. The van der Waals surface area contributed by atoms with E-state index in [-0.39, 0.29) is 18.1 Å². The van der Waals surface area contributed by atoms with Crippen LogP contribution in [0.5, 0.6) is 0 Å². The molecule has 2 aromatic rings. The summed E-state index contributed by atoms with van der Waals surface area (Å²) < 4.78 is 11.5. The van der Waals surface area contributed by atoms with Crippen molar-refractivity contribution in [3.8, 4) is 0 Å². The predicted octanol–water partition coefficient (Wildman–Crippen LogP) is 2.50. The van der Waals surface area contributed by atoms with Crippen LogP contribution in [-0.4, -0.2) is 49.7 Å². The maximum absolute atomic E-state index is 12.7. The van der Waals surface area contributed by atoms with Crippen molar-refractivity contribution < 1.29 is 13.9 Å². The number of carbonyl (C=O) groups is 1. The molecule has 1 aromatic heterocycles. The Labute approximate surface area is 136 Å². The lowest BCUT2D eigenvalue weighted by Crippen LogP contribution is -2.44. The lowest BCUT2D eigenvalue weighted by atomic mass is 10.1. The van der Waals surface area contributed by atoms with Crippen molar-refractivity contribution in [1.82, 2.24) is 10.2 Å². The molecule has 1 saturated heterocycles. The van der Waals surface area contributed by atoms with Gasteiger partial charge in [-0.25, -0.2) is 0 Å². The Hall–Kier alpha value is -1.85. The van der Waals surface area contributed by atoms with Crippen LogP contribution in [0.4, 0.5) is 0 Å². The zero-order valence-corrected chi connectivity index (χ0v) is 14.2. The number of fused-ring (bicyclic) bond motifs is 1. The highest BCUT2D eigenvalue weighted by Crippen LogP contribution is 2.26. The molecule has 1 aromatic carbocycles. The molecule has 0 spiro atoms. The number of carbonyl (C=O) groups excluding carboxylic acids is 1. The van der Waals surface area contributed by atoms with Crippen LogP contribution < -0.4 is 5.32 Å². The van der Waals surface area contributed by atoms with Gasteiger partial charge in [0.2, 0.25) is 0 Å². The fraction of sp³-hybridized carbons (Fsp3) is 0.500. The van der Waals surface area contributed by atoms with Gasteiger partial charge in [-0.1, -0.05) is 12.1 Å². The molecule has 1 aliphatic rings. The molecule has 0 radical (unpaired) electrons.